The zero-order valence-electron chi connectivity index (χ0n) is 18.1. The lowest BCUT2D eigenvalue weighted by Crippen LogP contribution is -2.93. The second-order valence-corrected chi connectivity index (χ2v) is 8.16. The number of primary amides is 1. The number of anilines is 1. The van der Waals surface area contributed by atoms with Crippen LogP contribution < -0.4 is 16.4 Å². The van der Waals surface area contributed by atoms with E-state index >= 15 is 0 Å². The predicted octanol–water partition coefficient (Wildman–Crippen LogP) is 3.59. The number of quaternary nitrogens is 1. The molecule has 0 saturated heterocycles. The molecule has 0 fully saturated rings. The molecule has 0 unspecified atom stereocenters. The average molecular weight is 397 g/mol. The fourth-order valence-electron chi connectivity index (χ4n) is 3.37. The number of nitrogens with one attached hydrogen (secondary N) is 1. The first-order valence-electron chi connectivity index (χ1n) is 10.4. The van der Waals surface area contributed by atoms with Crippen molar-refractivity contribution in [3.05, 3.63) is 65.2 Å². The van der Waals surface area contributed by atoms with Crippen molar-refractivity contribution >= 4 is 17.5 Å². The summed E-state index contributed by atoms with van der Waals surface area (Å²) in [6, 6.07) is 15.3. The number of rotatable bonds is 9. The van der Waals surface area contributed by atoms with Crippen molar-refractivity contribution in [1.82, 2.24) is 0 Å². The van der Waals surface area contributed by atoms with E-state index in [1.165, 1.54) is 11.1 Å². The van der Waals surface area contributed by atoms with Gasteiger partial charge in [-0.15, -0.1) is 0 Å². The molecule has 5 nitrogen and oxygen atoms in total. The normalized spacial score (nSPS) is 14.3. The Balaban J connectivity index is 2.05. The van der Waals surface area contributed by atoms with Gasteiger partial charge < -0.3 is 16.4 Å². The van der Waals surface area contributed by atoms with Crippen molar-refractivity contribution < 1.29 is 14.9 Å². The summed E-state index contributed by atoms with van der Waals surface area (Å²) in [6.07, 6.45) is 1.12. The maximum absolute atomic E-state index is 12.7. The molecule has 2 aromatic carbocycles. The molecule has 2 aromatic rings. The second-order valence-electron chi connectivity index (χ2n) is 8.16. The molecule has 0 saturated carbocycles. The lowest BCUT2D eigenvalue weighted by Gasteiger charge is -2.23. The molecule has 0 aliphatic heterocycles. The van der Waals surface area contributed by atoms with Crippen LogP contribution in [-0.2, 0) is 4.79 Å². The van der Waals surface area contributed by atoms with Gasteiger partial charge in [0.25, 0.3) is 5.91 Å². The summed E-state index contributed by atoms with van der Waals surface area (Å²) in [5, 5.41) is 5.03. The Morgan fingerprint density at radius 3 is 1.97 bits per heavy atom. The molecule has 2 amide bonds. The SMILES string of the molecule is CC[C@@H](C)c1ccc([C@H]([NH2+][C@@H](C)C(=O)Nc2ccc(C(N)=O)cc2)C(C)C)cc1. The molecule has 0 aliphatic carbocycles. The summed E-state index contributed by atoms with van der Waals surface area (Å²) >= 11 is 0. The monoisotopic (exact) mass is 396 g/mol. The van der Waals surface area contributed by atoms with Crippen LogP contribution in [0.15, 0.2) is 48.5 Å². The summed E-state index contributed by atoms with van der Waals surface area (Å²) in [5.41, 5.74) is 8.91. The van der Waals surface area contributed by atoms with Crippen molar-refractivity contribution in [3.63, 3.8) is 0 Å². The summed E-state index contributed by atoms with van der Waals surface area (Å²) in [6.45, 7) is 10.7. The highest BCUT2D eigenvalue weighted by Crippen LogP contribution is 2.23. The van der Waals surface area contributed by atoms with Crippen LogP contribution in [0.4, 0.5) is 5.69 Å². The van der Waals surface area contributed by atoms with Gasteiger partial charge in [-0.3, -0.25) is 9.59 Å². The molecule has 0 radical (unpaired) electrons. The van der Waals surface area contributed by atoms with Crippen LogP contribution in [0.5, 0.6) is 0 Å². The topological polar surface area (TPSA) is 88.8 Å². The minimum absolute atomic E-state index is 0.0706. The van der Waals surface area contributed by atoms with Crippen LogP contribution in [0.2, 0.25) is 0 Å². The summed E-state index contributed by atoms with van der Waals surface area (Å²) in [4.78, 5) is 23.8. The Hall–Kier alpha value is -2.66. The van der Waals surface area contributed by atoms with Crippen molar-refractivity contribution in [3.8, 4) is 0 Å². The minimum atomic E-state index is -0.483. The molecule has 0 spiro atoms. The molecule has 0 aromatic heterocycles. The molecule has 29 heavy (non-hydrogen) atoms. The van der Waals surface area contributed by atoms with E-state index in [1.807, 2.05) is 6.92 Å². The first-order chi connectivity index (χ1) is 13.7. The van der Waals surface area contributed by atoms with E-state index in [2.05, 4.69) is 62.6 Å². The van der Waals surface area contributed by atoms with E-state index in [0.29, 0.717) is 23.1 Å². The van der Waals surface area contributed by atoms with Crippen molar-refractivity contribution in [2.45, 2.75) is 59.0 Å². The summed E-state index contributed by atoms with van der Waals surface area (Å²) in [7, 11) is 0. The van der Waals surface area contributed by atoms with E-state index in [-0.39, 0.29) is 18.0 Å². The van der Waals surface area contributed by atoms with Gasteiger partial charge in [0.1, 0.15) is 6.04 Å². The number of benzene rings is 2. The lowest BCUT2D eigenvalue weighted by molar-refractivity contribution is -0.718. The number of carbonyl (C=O) groups is 2. The predicted molar refractivity (Wildman–Crippen MR) is 118 cm³/mol. The van der Waals surface area contributed by atoms with E-state index < -0.39 is 5.91 Å². The first kappa shape index (κ1) is 22.6. The molecular weight excluding hydrogens is 362 g/mol. The van der Waals surface area contributed by atoms with Gasteiger partial charge in [-0.1, -0.05) is 52.0 Å². The fraction of sp³-hybridized carbons (Fsp3) is 0.417. The third kappa shape index (κ3) is 6.16. The molecule has 5 N–H and O–H groups in total. The lowest BCUT2D eigenvalue weighted by atomic mass is 9.91. The number of hydrogen-bond donors (Lipinski definition) is 3. The zero-order chi connectivity index (χ0) is 21.6. The van der Waals surface area contributed by atoms with Crippen LogP contribution in [0.1, 0.15) is 74.5 Å². The zero-order valence-corrected chi connectivity index (χ0v) is 18.1. The molecular formula is C24H34N3O2+. The fourth-order valence-corrected chi connectivity index (χ4v) is 3.37. The first-order valence-corrected chi connectivity index (χ1v) is 10.4. The summed E-state index contributed by atoms with van der Waals surface area (Å²) in [5.74, 6) is 0.383. The van der Waals surface area contributed by atoms with Crippen LogP contribution >= 0.6 is 0 Å². The second kappa shape index (κ2) is 10.2. The van der Waals surface area contributed by atoms with Gasteiger partial charge in [0, 0.05) is 22.7 Å². The maximum atomic E-state index is 12.7. The van der Waals surface area contributed by atoms with Crippen LogP contribution in [0, 0.1) is 5.92 Å². The highest BCUT2D eigenvalue weighted by molar-refractivity contribution is 5.95. The minimum Gasteiger partial charge on any atom is -0.366 e. The third-order valence-electron chi connectivity index (χ3n) is 5.57. The van der Waals surface area contributed by atoms with Gasteiger partial charge in [-0.2, -0.15) is 0 Å². The standard InChI is InChI=1S/C24H33N3O2/c1-6-16(4)18-7-9-19(10-8-18)22(15(2)3)26-17(5)24(29)27-21-13-11-20(12-14-21)23(25)28/h7-17,22,26H,6H2,1-5H3,(H2,25,28)(H,27,29)/p+1/t16-,17+,22-/m1/s1. The Labute approximate surface area is 174 Å². The van der Waals surface area contributed by atoms with E-state index in [4.69, 9.17) is 5.73 Å². The molecule has 5 heteroatoms. The van der Waals surface area contributed by atoms with Crippen molar-refractivity contribution in [2.24, 2.45) is 11.7 Å². The number of hydrogen-bond acceptors (Lipinski definition) is 2. The average Bonchev–Trinajstić information content (AvgIpc) is 2.71. The van der Waals surface area contributed by atoms with Crippen LogP contribution in [0.25, 0.3) is 0 Å². The Morgan fingerprint density at radius 2 is 1.48 bits per heavy atom. The van der Waals surface area contributed by atoms with Gasteiger partial charge in [0.2, 0.25) is 5.91 Å². The quantitative estimate of drug-likeness (QED) is 0.605. The van der Waals surface area contributed by atoms with Crippen LogP contribution in [0.3, 0.4) is 0 Å². The third-order valence-corrected chi connectivity index (χ3v) is 5.57. The smallest absolute Gasteiger partial charge is 0.282 e. The van der Waals surface area contributed by atoms with Gasteiger partial charge in [-0.05, 0) is 49.1 Å². The molecule has 0 bridgehead atoms. The van der Waals surface area contributed by atoms with Crippen LogP contribution in [-0.4, -0.2) is 17.9 Å². The summed E-state index contributed by atoms with van der Waals surface area (Å²) < 4.78 is 0. The Kier molecular flexibility index (Phi) is 7.97. The largest absolute Gasteiger partial charge is 0.366 e. The van der Waals surface area contributed by atoms with E-state index in [1.54, 1.807) is 24.3 Å². The highest BCUT2D eigenvalue weighted by atomic mass is 16.2. The van der Waals surface area contributed by atoms with E-state index in [0.717, 1.165) is 6.42 Å². The number of nitrogens with two attached hydrogens (primary N) is 2. The highest BCUT2D eigenvalue weighted by Gasteiger charge is 2.26. The van der Waals surface area contributed by atoms with Gasteiger partial charge >= 0.3 is 0 Å². The van der Waals surface area contributed by atoms with Gasteiger partial charge in [0.05, 0.1) is 0 Å². The van der Waals surface area contributed by atoms with Crippen molar-refractivity contribution in [2.75, 3.05) is 5.32 Å². The maximum Gasteiger partial charge on any atom is 0.282 e. The van der Waals surface area contributed by atoms with E-state index in [9.17, 15) is 9.59 Å². The molecule has 3 atom stereocenters. The Morgan fingerprint density at radius 1 is 0.931 bits per heavy atom. The molecule has 156 valence electrons. The molecule has 0 heterocycles. The Bertz CT molecular complexity index is 813. The van der Waals surface area contributed by atoms with Gasteiger partial charge in [0.15, 0.2) is 6.04 Å². The number of carbonyl (C=O) groups excluding carboxylic acids is 2. The molecule has 2 rings (SSSR count). The van der Waals surface area contributed by atoms with Crippen molar-refractivity contribution in [1.29, 1.82) is 0 Å². The van der Waals surface area contributed by atoms with Gasteiger partial charge in [-0.25, -0.2) is 0 Å². The number of amides is 2. The molecule has 0 aliphatic rings.